The summed E-state index contributed by atoms with van der Waals surface area (Å²) in [4.78, 5) is 21.1. The van der Waals surface area contributed by atoms with E-state index >= 15 is 0 Å². The number of carboxylic acid groups (broad SMARTS) is 2. The van der Waals surface area contributed by atoms with Gasteiger partial charge in [-0.1, -0.05) is 0 Å². The first-order chi connectivity index (χ1) is 6.11. The Hall–Kier alpha value is -1.30. The fourth-order valence-electron chi connectivity index (χ4n) is 1.27. The van der Waals surface area contributed by atoms with Crippen molar-refractivity contribution in [3.8, 4) is 0 Å². The van der Waals surface area contributed by atoms with Gasteiger partial charge in [-0.05, 0) is 12.8 Å². The third-order valence-corrected chi connectivity index (χ3v) is 2.04. The van der Waals surface area contributed by atoms with Crippen LogP contribution >= 0.6 is 0 Å². The number of hydrazine groups is 1. The topological polar surface area (TPSA) is 89.9 Å². The minimum atomic E-state index is -1.06. The predicted octanol–water partition coefficient (Wildman–Crippen LogP) is -0.0344. The molecule has 6 heteroatoms. The number of hydrogen-bond donors (Lipinski definition) is 3. The first-order valence-electron chi connectivity index (χ1n) is 4.08. The molecule has 0 aromatic carbocycles. The van der Waals surface area contributed by atoms with Crippen LogP contribution in [0.1, 0.15) is 12.8 Å². The van der Waals surface area contributed by atoms with Crippen LogP contribution in [0.3, 0.4) is 0 Å². The molecule has 6 nitrogen and oxygen atoms in total. The summed E-state index contributed by atoms with van der Waals surface area (Å²) in [7, 11) is 0. The van der Waals surface area contributed by atoms with Crippen molar-refractivity contribution in [3.63, 3.8) is 0 Å². The Balaban J connectivity index is 2.48. The van der Waals surface area contributed by atoms with Gasteiger partial charge in [0.1, 0.15) is 0 Å². The minimum absolute atomic E-state index is 0.182. The lowest BCUT2D eigenvalue weighted by atomic mass is 10.0. The van der Waals surface area contributed by atoms with Gasteiger partial charge in [0, 0.05) is 13.1 Å². The number of carbonyl (C=O) groups is 2. The van der Waals surface area contributed by atoms with Crippen LogP contribution in [0.15, 0.2) is 0 Å². The van der Waals surface area contributed by atoms with Crippen LogP contribution in [0, 0.1) is 5.92 Å². The maximum Gasteiger partial charge on any atom is 0.421 e. The minimum Gasteiger partial charge on any atom is -0.481 e. The second-order valence-corrected chi connectivity index (χ2v) is 2.97. The summed E-state index contributed by atoms with van der Waals surface area (Å²) in [5, 5.41) is 18.3. The van der Waals surface area contributed by atoms with Crippen LogP contribution in [0.4, 0.5) is 4.79 Å². The second kappa shape index (κ2) is 4.08. The molecule has 1 unspecified atom stereocenters. The first kappa shape index (κ1) is 9.79. The lowest BCUT2D eigenvalue weighted by molar-refractivity contribution is -0.141. The van der Waals surface area contributed by atoms with E-state index in [0.29, 0.717) is 19.4 Å². The van der Waals surface area contributed by atoms with Crippen molar-refractivity contribution in [3.05, 3.63) is 0 Å². The molecule has 0 aromatic rings. The number of nitrogens with one attached hydrogen (secondary N) is 1. The van der Waals surface area contributed by atoms with Crippen molar-refractivity contribution in [1.82, 2.24) is 10.4 Å². The van der Waals surface area contributed by atoms with E-state index in [0.717, 1.165) is 5.01 Å². The number of hydrogen-bond acceptors (Lipinski definition) is 3. The molecule has 1 aliphatic rings. The zero-order chi connectivity index (χ0) is 9.84. The van der Waals surface area contributed by atoms with E-state index in [1.165, 1.54) is 0 Å². The predicted molar refractivity (Wildman–Crippen MR) is 43.1 cm³/mol. The molecule has 0 radical (unpaired) electrons. The van der Waals surface area contributed by atoms with Crippen molar-refractivity contribution in [1.29, 1.82) is 0 Å². The third kappa shape index (κ3) is 2.59. The molecule has 0 aliphatic carbocycles. The largest absolute Gasteiger partial charge is 0.481 e. The smallest absolute Gasteiger partial charge is 0.421 e. The summed E-state index contributed by atoms with van der Waals surface area (Å²) < 4.78 is 0. The van der Waals surface area contributed by atoms with Crippen LogP contribution in [-0.2, 0) is 4.79 Å². The van der Waals surface area contributed by atoms with Crippen LogP contribution in [0.25, 0.3) is 0 Å². The Labute approximate surface area is 75.1 Å². The van der Waals surface area contributed by atoms with Crippen LogP contribution in [-0.4, -0.2) is 40.4 Å². The van der Waals surface area contributed by atoms with E-state index in [1.54, 1.807) is 0 Å². The maximum absolute atomic E-state index is 10.6. The number of amides is 1. The van der Waals surface area contributed by atoms with Crippen LogP contribution in [0.5, 0.6) is 0 Å². The van der Waals surface area contributed by atoms with Crippen molar-refractivity contribution in [2.24, 2.45) is 5.92 Å². The average molecular weight is 188 g/mol. The molecule has 0 saturated carbocycles. The molecule has 1 fully saturated rings. The molecule has 0 aromatic heterocycles. The molecule has 74 valence electrons. The molecule has 1 amide bonds. The molecular formula is C7H12N2O4. The van der Waals surface area contributed by atoms with Gasteiger partial charge in [-0.25, -0.2) is 15.2 Å². The first-order valence-corrected chi connectivity index (χ1v) is 4.08. The van der Waals surface area contributed by atoms with Gasteiger partial charge in [-0.15, -0.1) is 0 Å². The number of nitrogens with zero attached hydrogens (tertiary/aromatic N) is 1. The van der Waals surface area contributed by atoms with Gasteiger partial charge in [0.25, 0.3) is 0 Å². The van der Waals surface area contributed by atoms with E-state index in [-0.39, 0.29) is 6.54 Å². The number of aliphatic carboxylic acids is 1. The van der Waals surface area contributed by atoms with Gasteiger partial charge in [0.15, 0.2) is 0 Å². The second-order valence-electron chi connectivity index (χ2n) is 2.97. The van der Waals surface area contributed by atoms with Gasteiger partial charge in [-0.3, -0.25) is 4.79 Å². The molecule has 1 aliphatic heterocycles. The summed E-state index contributed by atoms with van der Waals surface area (Å²) in [6.07, 6.45) is 0.0357. The maximum atomic E-state index is 10.6. The van der Waals surface area contributed by atoms with E-state index < -0.39 is 18.0 Å². The summed E-state index contributed by atoms with van der Waals surface area (Å²) in [5.41, 5.74) is 2.57. The Morgan fingerprint density at radius 2 is 2.08 bits per heavy atom. The Morgan fingerprint density at radius 3 is 2.62 bits per heavy atom. The van der Waals surface area contributed by atoms with Gasteiger partial charge in [0.05, 0.1) is 5.92 Å². The standard InChI is InChI=1S/C7H12N2O4/c10-6(11)5-2-1-3-9(7(12)13)8-4-5/h5,8H,1-4H2,(H,10,11)(H,12,13). The molecular weight excluding hydrogens is 176 g/mol. The van der Waals surface area contributed by atoms with Gasteiger partial charge >= 0.3 is 12.1 Å². The summed E-state index contributed by atoms with van der Waals surface area (Å²) >= 11 is 0. The molecule has 0 bridgehead atoms. The monoisotopic (exact) mass is 188 g/mol. The molecule has 0 spiro atoms. The van der Waals surface area contributed by atoms with E-state index in [9.17, 15) is 9.59 Å². The highest BCUT2D eigenvalue weighted by atomic mass is 16.4. The van der Waals surface area contributed by atoms with Crippen molar-refractivity contribution < 1.29 is 19.8 Å². The number of rotatable bonds is 1. The fraction of sp³-hybridized carbons (Fsp3) is 0.714. The molecule has 1 saturated heterocycles. The zero-order valence-electron chi connectivity index (χ0n) is 7.06. The van der Waals surface area contributed by atoms with Crippen molar-refractivity contribution in [2.75, 3.05) is 13.1 Å². The quantitative estimate of drug-likeness (QED) is 0.537. The molecule has 1 atom stereocenters. The lowest BCUT2D eigenvalue weighted by Gasteiger charge is -2.16. The Bertz CT molecular complexity index is 197. The zero-order valence-corrected chi connectivity index (χ0v) is 7.06. The highest BCUT2D eigenvalue weighted by Crippen LogP contribution is 2.10. The molecule has 1 rings (SSSR count). The highest BCUT2D eigenvalue weighted by Gasteiger charge is 2.23. The Morgan fingerprint density at radius 1 is 1.38 bits per heavy atom. The average Bonchev–Trinajstić information content (AvgIpc) is 2.27. The van der Waals surface area contributed by atoms with Crippen LogP contribution in [0.2, 0.25) is 0 Å². The molecule has 13 heavy (non-hydrogen) atoms. The Kier molecular flexibility index (Phi) is 3.07. The SMILES string of the molecule is O=C(O)C1CCCN(C(=O)O)NC1. The van der Waals surface area contributed by atoms with E-state index in [2.05, 4.69) is 5.43 Å². The normalized spacial score (nSPS) is 23.7. The molecule has 1 heterocycles. The highest BCUT2D eigenvalue weighted by molar-refractivity contribution is 5.70. The fourth-order valence-corrected chi connectivity index (χ4v) is 1.27. The van der Waals surface area contributed by atoms with E-state index in [4.69, 9.17) is 10.2 Å². The summed E-state index contributed by atoms with van der Waals surface area (Å²) in [5.74, 6) is -1.36. The number of carboxylic acids is 1. The van der Waals surface area contributed by atoms with Gasteiger partial charge < -0.3 is 10.2 Å². The third-order valence-electron chi connectivity index (χ3n) is 2.04. The summed E-state index contributed by atoms with van der Waals surface area (Å²) in [6.45, 7) is 0.529. The van der Waals surface area contributed by atoms with Gasteiger partial charge in [-0.2, -0.15) is 0 Å². The molecule has 3 N–H and O–H groups in total. The van der Waals surface area contributed by atoms with Gasteiger partial charge in [0.2, 0.25) is 0 Å². The summed E-state index contributed by atoms with van der Waals surface area (Å²) in [6, 6.07) is 0. The lowest BCUT2D eigenvalue weighted by Crippen LogP contribution is -2.43. The van der Waals surface area contributed by atoms with Crippen LogP contribution < -0.4 is 5.43 Å². The van der Waals surface area contributed by atoms with Crippen molar-refractivity contribution in [2.45, 2.75) is 12.8 Å². The van der Waals surface area contributed by atoms with E-state index in [1.807, 2.05) is 0 Å². The van der Waals surface area contributed by atoms with Crippen molar-refractivity contribution >= 4 is 12.1 Å².